The van der Waals surface area contributed by atoms with Crippen LogP contribution in [0.1, 0.15) is 40.0 Å². The van der Waals surface area contributed by atoms with Crippen LogP contribution in [0.2, 0.25) is 0 Å². The van der Waals surface area contributed by atoms with Crippen LogP contribution in [-0.4, -0.2) is 56.4 Å². The normalized spacial score (nSPS) is 22.7. The van der Waals surface area contributed by atoms with Crippen molar-refractivity contribution in [2.24, 2.45) is 11.8 Å². The highest BCUT2D eigenvalue weighted by atomic mass is 19.1. The van der Waals surface area contributed by atoms with Crippen molar-refractivity contribution < 1.29 is 14.0 Å². The Morgan fingerprint density at radius 3 is 2.61 bits per heavy atom. The van der Waals surface area contributed by atoms with Crippen molar-refractivity contribution in [3.8, 4) is 6.07 Å². The molecule has 5 rings (SSSR count). The predicted molar refractivity (Wildman–Crippen MR) is 133 cm³/mol. The number of hydrogen-bond acceptors (Lipinski definition) is 4. The fourth-order valence-corrected chi connectivity index (χ4v) is 5.18. The number of anilines is 1. The average molecular weight is 473 g/mol. The number of benzene rings is 2. The van der Waals surface area contributed by atoms with E-state index >= 15 is 0 Å². The molecule has 1 fully saturated rings. The van der Waals surface area contributed by atoms with E-state index in [0.717, 1.165) is 16.7 Å². The molecular formula is C25H19B3FN5O2. The van der Waals surface area contributed by atoms with E-state index in [4.69, 9.17) is 23.5 Å². The van der Waals surface area contributed by atoms with E-state index in [0.29, 0.717) is 16.8 Å². The van der Waals surface area contributed by atoms with Gasteiger partial charge in [-0.05, 0) is 47.1 Å². The Balaban J connectivity index is 1.46. The minimum absolute atomic E-state index is 0.00250. The monoisotopic (exact) mass is 473 g/mol. The number of rotatable bonds is 5. The molecule has 2 aromatic carbocycles. The molecule has 1 aliphatic carbocycles. The average Bonchev–Trinajstić information content (AvgIpc) is 3.38. The Morgan fingerprint density at radius 2 is 1.94 bits per heavy atom. The van der Waals surface area contributed by atoms with Crippen molar-refractivity contribution in [2.75, 3.05) is 4.90 Å². The second-order valence-corrected chi connectivity index (χ2v) is 9.37. The van der Waals surface area contributed by atoms with E-state index < -0.39 is 34.6 Å². The lowest BCUT2D eigenvalue weighted by Crippen LogP contribution is -2.60. The third-order valence-electron chi connectivity index (χ3n) is 6.87. The van der Waals surface area contributed by atoms with Gasteiger partial charge in [-0.25, -0.2) is 4.39 Å². The molecule has 2 heterocycles. The van der Waals surface area contributed by atoms with Crippen LogP contribution in [0.3, 0.4) is 0 Å². The SMILES string of the molecule is [B]C([B])([B])N1C(=O)[C@@H](NC(=O)c2nn(Cc3ccccc3)cc2F)C2C(C)C2c2cc(C#N)ccc21. The van der Waals surface area contributed by atoms with Gasteiger partial charge >= 0.3 is 0 Å². The number of hydrogen-bond donors (Lipinski definition) is 1. The third-order valence-corrected chi connectivity index (χ3v) is 6.87. The molecule has 172 valence electrons. The fourth-order valence-electron chi connectivity index (χ4n) is 5.18. The molecule has 2 amide bonds. The minimum atomic E-state index is -2.08. The Hall–Kier alpha value is -3.80. The summed E-state index contributed by atoms with van der Waals surface area (Å²) in [5, 5.41) is 14.0. The van der Waals surface area contributed by atoms with Gasteiger partial charge in [0, 0.05) is 5.69 Å². The van der Waals surface area contributed by atoms with Crippen molar-refractivity contribution >= 4 is 41.0 Å². The van der Waals surface area contributed by atoms with Crippen LogP contribution in [0.25, 0.3) is 0 Å². The molecule has 1 N–H and O–H groups in total. The van der Waals surface area contributed by atoms with Gasteiger partial charge in [0.1, 0.15) is 6.04 Å². The summed E-state index contributed by atoms with van der Waals surface area (Å²) in [4.78, 5) is 27.8. The lowest BCUT2D eigenvalue weighted by molar-refractivity contribution is -0.121. The first-order valence-corrected chi connectivity index (χ1v) is 11.4. The van der Waals surface area contributed by atoms with Crippen LogP contribution in [0.5, 0.6) is 0 Å². The first kappa shape index (κ1) is 23.9. The predicted octanol–water partition coefficient (Wildman–Crippen LogP) is 1.55. The number of amides is 2. The number of fused-ring (bicyclic) bond motifs is 3. The van der Waals surface area contributed by atoms with Crippen molar-refractivity contribution in [3.63, 3.8) is 0 Å². The van der Waals surface area contributed by atoms with Gasteiger partial charge in [0.05, 0.1) is 47.9 Å². The van der Waals surface area contributed by atoms with Crippen LogP contribution < -0.4 is 10.2 Å². The van der Waals surface area contributed by atoms with Gasteiger partial charge in [0.25, 0.3) is 5.91 Å². The number of nitrogens with zero attached hydrogens (tertiary/aromatic N) is 4. The largest absolute Gasteiger partial charge is 0.338 e. The summed E-state index contributed by atoms with van der Waals surface area (Å²) < 4.78 is 16.0. The van der Waals surface area contributed by atoms with E-state index in [2.05, 4.69) is 16.5 Å². The molecule has 11 heteroatoms. The van der Waals surface area contributed by atoms with Gasteiger partial charge in [-0.1, -0.05) is 42.5 Å². The summed E-state index contributed by atoms with van der Waals surface area (Å²) in [5.41, 5.74) is 1.94. The number of carbonyl (C=O) groups excluding carboxylic acids is 2. The molecule has 2 aliphatic rings. The first-order chi connectivity index (χ1) is 17.1. The van der Waals surface area contributed by atoms with Gasteiger partial charge < -0.3 is 10.2 Å². The van der Waals surface area contributed by atoms with Crippen LogP contribution in [0.4, 0.5) is 10.1 Å². The maximum atomic E-state index is 14.7. The van der Waals surface area contributed by atoms with Crippen molar-refractivity contribution in [2.45, 2.75) is 30.7 Å². The molecule has 1 saturated carbocycles. The van der Waals surface area contributed by atoms with Gasteiger partial charge in [0.2, 0.25) is 5.91 Å². The number of nitriles is 1. The maximum absolute atomic E-state index is 14.7. The Kier molecular flexibility index (Phi) is 5.78. The van der Waals surface area contributed by atoms with Gasteiger partial charge in [-0.3, -0.25) is 14.3 Å². The van der Waals surface area contributed by atoms with Crippen LogP contribution in [-0.2, 0) is 11.3 Å². The zero-order valence-electron chi connectivity index (χ0n) is 19.4. The molecule has 7 nitrogen and oxygen atoms in total. The van der Waals surface area contributed by atoms with Crippen LogP contribution in [0.15, 0.2) is 54.7 Å². The van der Waals surface area contributed by atoms with Crippen molar-refractivity contribution in [3.05, 3.63) is 82.9 Å². The van der Waals surface area contributed by atoms with E-state index in [-0.39, 0.29) is 24.3 Å². The molecule has 4 atom stereocenters. The van der Waals surface area contributed by atoms with E-state index in [1.54, 1.807) is 18.2 Å². The van der Waals surface area contributed by atoms with Crippen molar-refractivity contribution in [1.82, 2.24) is 15.1 Å². The number of nitrogens with one attached hydrogen (secondary N) is 1. The van der Waals surface area contributed by atoms with Gasteiger partial charge in [-0.2, -0.15) is 10.4 Å². The molecular weight excluding hydrogens is 454 g/mol. The molecule has 0 spiro atoms. The fraction of sp³-hybridized carbons (Fsp3) is 0.280. The van der Waals surface area contributed by atoms with E-state index in [1.165, 1.54) is 4.68 Å². The summed E-state index contributed by atoms with van der Waals surface area (Å²) in [6.07, 6.45) is 1.13. The molecule has 1 aliphatic heterocycles. The molecule has 0 saturated heterocycles. The van der Waals surface area contributed by atoms with Gasteiger partial charge in [-0.15, -0.1) is 0 Å². The highest BCUT2D eigenvalue weighted by Gasteiger charge is 2.59. The summed E-state index contributed by atoms with van der Waals surface area (Å²) >= 11 is 0. The number of halogens is 1. The molecule has 36 heavy (non-hydrogen) atoms. The Morgan fingerprint density at radius 1 is 1.22 bits per heavy atom. The lowest BCUT2D eigenvalue weighted by atomic mass is 9.48. The number of aromatic nitrogens is 2. The summed E-state index contributed by atoms with van der Waals surface area (Å²) in [6.45, 7) is 2.21. The summed E-state index contributed by atoms with van der Waals surface area (Å²) in [7, 11) is 17.9. The van der Waals surface area contributed by atoms with E-state index in [1.807, 2.05) is 37.3 Å². The zero-order chi connectivity index (χ0) is 25.8. The first-order valence-electron chi connectivity index (χ1n) is 11.4. The Labute approximate surface area is 211 Å². The second kappa shape index (κ2) is 8.70. The molecule has 3 aromatic rings. The second-order valence-electron chi connectivity index (χ2n) is 9.37. The molecule has 1 aromatic heterocycles. The number of carbonyl (C=O) groups is 2. The van der Waals surface area contributed by atoms with Crippen molar-refractivity contribution in [1.29, 1.82) is 5.26 Å². The minimum Gasteiger partial charge on any atom is -0.338 e. The highest BCUT2D eigenvalue weighted by molar-refractivity contribution is 6.62. The summed E-state index contributed by atoms with van der Waals surface area (Å²) in [6, 6.07) is 15.1. The van der Waals surface area contributed by atoms with Crippen LogP contribution in [0, 0.1) is 29.0 Å². The highest BCUT2D eigenvalue weighted by Crippen LogP contribution is 2.60. The van der Waals surface area contributed by atoms with Gasteiger partial charge in [0.15, 0.2) is 11.5 Å². The maximum Gasteiger partial charge on any atom is 0.275 e. The quantitative estimate of drug-likeness (QED) is 0.570. The third kappa shape index (κ3) is 4.11. The molecule has 6 radical (unpaired) electrons. The lowest BCUT2D eigenvalue weighted by Gasteiger charge is -2.40. The standard InChI is InChI=1S/C25H19B3FN5O2/c1-13-19-16-9-15(10-30)7-8-18(16)34(25(26,27)28)24(36)22(20(13)19)31-23(35)21-17(29)12-33(32-21)11-14-5-3-2-4-6-14/h2-9,12-13,19-20,22H,11H2,1H3,(H,31,35)/t13?,19?,20?,22-/m0/s1. The molecule has 0 bridgehead atoms. The zero-order valence-corrected chi connectivity index (χ0v) is 19.4. The summed E-state index contributed by atoms with van der Waals surface area (Å²) in [5.74, 6) is -2.75. The van der Waals surface area contributed by atoms with E-state index in [9.17, 15) is 19.2 Å². The topological polar surface area (TPSA) is 91.0 Å². The molecule has 3 unspecified atom stereocenters. The Bertz CT molecular complexity index is 1400. The van der Waals surface area contributed by atoms with Crippen LogP contribution >= 0.6 is 0 Å². The smallest absolute Gasteiger partial charge is 0.275 e.